The topological polar surface area (TPSA) is 65.3 Å². The Morgan fingerprint density at radius 3 is 2.81 bits per heavy atom. The highest BCUT2D eigenvalue weighted by Crippen LogP contribution is 2.26. The van der Waals surface area contributed by atoms with E-state index in [9.17, 15) is 4.39 Å². The molecule has 0 saturated carbocycles. The highest BCUT2D eigenvalue weighted by molar-refractivity contribution is 5.67. The molecule has 2 aromatic rings. The van der Waals surface area contributed by atoms with Crippen LogP contribution in [0.4, 0.5) is 15.8 Å². The molecule has 0 unspecified atom stereocenters. The molecule has 5 heteroatoms. The minimum absolute atomic E-state index is 0.0178. The van der Waals surface area contributed by atoms with Crippen LogP contribution >= 0.6 is 0 Å². The highest BCUT2D eigenvalue weighted by Gasteiger charge is 2.08. The zero-order valence-electron chi connectivity index (χ0n) is 11.6. The quantitative estimate of drug-likeness (QED) is 0.886. The van der Waals surface area contributed by atoms with Crippen LogP contribution in [0.2, 0.25) is 0 Å². The summed E-state index contributed by atoms with van der Waals surface area (Å²) in [5, 5.41) is 20.8. The summed E-state index contributed by atoms with van der Waals surface area (Å²) in [5.41, 5.74) is 2.01. The van der Waals surface area contributed by atoms with Gasteiger partial charge in [-0.05, 0) is 42.8 Å². The Morgan fingerprint density at radius 1 is 1.33 bits per heavy atom. The van der Waals surface area contributed by atoms with Gasteiger partial charge in [-0.15, -0.1) is 0 Å². The van der Waals surface area contributed by atoms with Crippen molar-refractivity contribution in [3.63, 3.8) is 0 Å². The van der Waals surface area contributed by atoms with Gasteiger partial charge in [0.15, 0.2) is 0 Å². The summed E-state index contributed by atoms with van der Waals surface area (Å²) in [6, 6.07) is 11.7. The molecule has 2 aromatic carbocycles. The number of anilines is 2. The number of hydrogen-bond donors (Lipinski definition) is 2. The summed E-state index contributed by atoms with van der Waals surface area (Å²) in [6.45, 7) is 2.05. The van der Waals surface area contributed by atoms with E-state index in [4.69, 9.17) is 15.1 Å². The van der Waals surface area contributed by atoms with Gasteiger partial charge in [0.05, 0.1) is 12.3 Å². The first-order valence-corrected chi connectivity index (χ1v) is 6.45. The number of aliphatic hydroxyl groups is 1. The van der Waals surface area contributed by atoms with Crippen molar-refractivity contribution in [3.05, 3.63) is 53.3 Å². The molecule has 2 N–H and O–H groups in total. The van der Waals surface area contributed by atoms with Gasteiger partial charge in [0.25, 0.3) is 0 Å². The number of nitrogens with one attached hydrogen (secondary N) is 1. The van der Waals surface area contributed by atoms with Crippen molar-refractivity contribution in [1.82, 2.24) is 0 Å². The molecule has 0 amide bonds. The molecule has 0 aliphatic heterocycles. The zero-order valence-corrected chi connectivity index (χ0v) is 11.6. The molecule has 21 heavy (non-hydrogen) atoms. The van der Waals surface area contributed by atoms with E-state index in [2.05, 4.69) is 5.32 Å². The Morgan fingerprint density at radius 2 is 2.14 bits per heavy atom. The first-order valence-electron chi connectivity index (χ1n) is 6.45. The van der Waals surface area contributed by atoms with Crippen molar-refractivity contribution in [1.29, 1.82) is 5.26 Å². The molecule has 0 saturated heterocycles. The maximum atomic E-state index is 13.5. The maximum Gasteiger partial charge on any atom is 0.143 e. The molecule has 0 aliphatic rings. The van der Waals surface area contributed by atoms with Gasteiger partial charge in [-0.1, -0.05) is 6.07 Å². The van der Waals surface area contributed by atoms with Crippen molar-refractivity contribution in [2.45, 2.75) is 6.92 Å². The number of aryl methyl sites for hydroxylation is 1. The van der Waals surface area contributed by atoms with E-state index < -0.39 is 5.82 Å². The number of hydrogen-bond acceptors (Lipinski definition) is 4. The Hall–Kier alpha value is -2.58. The third-order valence-electron chi connectivity index (χ3n) is 2.93. The van der Waals surface area contributed by atoms with Crippen LogP contribution in [-0.2, 0) is 0 Å². The van der Waals surface area contributed by atoms with E-state index in [1.54, 1.807) is 24.3 Å². The van der Waals surface area contributed by atoms with Crippen LogP contribution in [0.15, 0.2) is 36.4 Å². The molecule has 0 heterocycles. The molecule has 108 valence electrons. The van der Waals surface area contributed by atoms with Crippen LogP contribution in [0.5, 0.6) is 5.75 Å². The fourth-order valence-electron chi connectivity index (χ4n) is 1.94. The number of ether oxygens (including phenoxy) is 1. The SMILES string of the molecule is Cc1cc(Nc2cccc(F)c2C#N)ccc1OCCO. The zero-order chi connectivity index (χ0) is 15.2. The van der Waals surface area contributed by atoms with Crippen LogP contribution in [-0.4, -0.2) is 18.3 Å². The lowest BCUT2D eigenvalue weighted by atomic mass is 10.1. The average Bonchev–Trinajstić information content (AvgIpc) is 2.47. The third-order valence-corrected chi connectivity index (χ3v) is 2.93. The van der Waals surface area contributed by atoms with Gasteiger partial charge in [0.2, 0.25) is 0 Å². The van der Waals surface area contributed by atoms with Crippen molar-refractivity contribution in [2.24, 2.45) is 0 Å². The number of nitrogens with zero attached hydrogens (tertiary/aromatic N) is 1. The van der Waals surface area contributed by atoms with Crippen molar-refractivity contribution in [2.75, 3.05) is 18.5 Å². The first kappa shape index (κ1) is 14.8. The van der Waals surface area contributed by atoms with E-state index in [0.29, 0.717) is 11.4 Å². The Balaban J connectivity index is 2.23. The number of benzene rings is 2. The first-order chi connectivity index (χ1) is 10.2. The summed E-state index contributed by atoms with van der Waals surface area (Å²) in [5.74, 6) is 0.122. The molecule has 4 nitrogen and oxygen atoms in total. The van der Waals surface area contributed by atoms with Crippen molar-refractivity contribution < 1.29 is 14.2 Å². The van der Waals surface area contributed by atoms with Crippen LogP contribution in [0.3, 0.4) is 0 Å². The van der Waals surface area contributed by atoms with Gasteiger partial charge in [0.1, 0.15) is 29.8 Å². The third kappa shape index (κ3) is 3.50. The fourth-order valence-corrected chi connectivity index (χ4v) is 1.94. The Kier molecular flexibility index (Phi) is 4.75. The second-order valence-corrected chi connectivity index (χ2v) is 4.45. The van der Waals surface area contributed by atoms with Crippen LogP contribution in [0.1, 0.15) is 11.1 Å². The Bertz CT molecular complexity index is 680. The molecule has 0 fully saturated rings. The second-order valence-electron chi connectivity index (χ2n) is 4.45. The number of rotatable bonds is 5. The van der Waals surface area contributed by atoms with Crippen LogP contribution in [0.25, 0.3) is 0 Å². The standard InChI is InChI=1S/C16H15FN2O2/c1-11-9-12(5-6-16(11)21-8-7-20)19-15-4-2-3-14(17)13(15)10-18/h2-6,9,19-20H,7-8H2,1H3. The largest absolute Gasteiger partial charge is 0.491 e. The van der Waals surface area contributed by atoms with Gasteiger partial charge < -0.3 is 15.2 Å². The number of nitriles is 1. The number of halogens is 1. The van der Waals surface area contributed by atoms with E-state index in [-0.39, 0.29) is 18.8 Å². The van der Waals surface area contributed by atoms with E-state index in [0.717, 1.165) is 11.3 Å². The predicted octanol–water partition coefficient (Wildman–Crippen LogP) is 3.12. The van der Waals surface area contributed by atoms with Gasteiger partial charge in [-0.2, -0.15) is 5.26 Å². The van der Waals surface area contributed by atoms with E-state index >= 15 is 0 Å². The predicted molar refractivity (Wildman–Crippen MR) is 78.2 cm³/mol. The normalized spacial score (nSPS) is 10.0. The van der Waals surface area contributed by atoms with E-state index in [1.165, 1.54) is 6.07 Å². The molecule has 0 atom stereocenters. The number of aliphatic hydroxyl groups excluding tert-OH is 1. The molecular weight excluding hydrogens is 271 g/mol. The van der Waals surface area contributed by atoms with Gasteiger partial charge >= 0.3 is 0 Å². The minimum Gasteiger partial charge on any atom is -0.491 e. The fraction of sp³-hybridized carbons (Fsp3) is 0.188. The second kappa shape index (κ2) is 6.73. The molecule has 0 aromatic heterocycles. The van der Waals surface area contributed by atoms with Crippen molar-refractivity contribution in [3.8, 4) is 11.8 Å². The molecule has 0 bridgehead atoms. The van der Waals surface area contributed by atoms with Gasteiger partial charge in [-0.25, -0.2) is 4.39 Å². The smallest absolute Gasteiger partial charge is 0.143 e. The van der Waals surface area contributed by atoms with Crippen molar-refractivity contribution >= 4 is 11.4 Å². The lowest BCUT2D eigenvalue weighted by Gasteiger charge is -2.12. The highest BCUT2D eigenvalue weighted by atomic mass is 19.1. The molecular formula is C16H15FN2O2. The summed E-state index contributed by atoms with van der Waals surface area (Å²) >= 11 is 0. The molecule has 2 rings (SSSR count). The van der Waals surface area contributed by atoms with Gasteiger partial charge in [-0.3, -0.25) is 0 Å². The summed E-state index contributed by atoms with van der Waals surface area (Å²) < 4.78 is 18.9. The summed E-state index contributed by atoms with van der Waals surface area (Å²) in [7, 11) is 0. The van der Waals surface area contributed by atoms with Crippen LogP contribution < -0.4 is 10.1 Å². The van der Waals surface area contributed by atoms with E-state index in [1.807, 2.05) is 19.1 Å². The van der Waals surface area contributed by atoms with Crippen LogP contribution in [0, 0.1) is 24.1 Å². The molecule has 0 aliphatic carbocycles. The minimum atomic E-state index is -0.554. The average molecular weight is 286 g/mol. The van der Waals surface area contributed by atoms with Gasteiger partial charge in [0, 0.05) is 5.69 Å². The lowest BCUT2D eigenvalue weighted by molar-refractivity contribution is 0.200. The molecule has 0 radical (unpaired) electrons. The summed E-state index contributed by atoms with van der Waals surface area (Å²) in [6.07, 6.45) is 0. The Labute approximate surface area is 122 Å². The monoisotopic (exact) mass is 286 g/mol. The molecule has 0 spiro atoms. The maximum absolute atomic E-state index is 13.5. The lowest BCUT2D eigenvalue weighted by Crippen LogP contribution is -2.03. The summed E-state index contributed by atoms with van der Waals surface area (Å²) in [4.78, 5) is 0.